The molecule has 0 aliphatic heterocycles. The number of aromatic nitrogens is 2. The summed E-state index contributed by atoms with van der Waals surface area (Å²) in [6.45, 7) is 0.906. The zero-order chi connectivity index (χ0) is 9.26. The summed E-state index contributed by atoms with van der Waals surface area (Å²) in [5.41, 5.74) is 2.28. The van der Waals surface area contributed by atoms with Gasteiger partial charge in [0.2, 0.25) is 0 Å². The van der Waals surface area contributed by atoms with Gasteiger partial charge in [-0.15, -0.1) is 0 Å². The van der Waals surface area contributed by atoms with Crippen LogP contribution in [0.25, 0.3) is 11.0 Å². The number of aryl methyl sites for hydroxylation is 1. The van der Waals surface area contributed by atoms with Crippen LogP contribution in [-0.4, -0.2) is 14.9 Å². The third-order valence-corrected chi connectivity index (χ3v) is 2.67. The molecule has 1 heterocycles. The average molecular weight is 257 g/mol. The Kier molecular flexibility index (Phi) is 2.51. The Morgan fingerprint density at radius 3 is 2.92 bits per heavy atom. The second kappa shape index (κ2) is 3.64. The van der Waals surface area contributed by atoms with E-state index in [1.165, 1.54) is 5.52 Å². The van der Waals surface area contributed by atoms with E-state index in [9.17, 15) is 0 Å². The summed E-state index contributed by atoms with van der Waals surface area (Å²) in [5, 5.41) is 0.920. The number of para-hydroxylation sites is 2. The van der Waals surface area contributed by atoms with Gasteiger partial charge in [-0.25, -0.2) is 0 Å². The van der Waals surface area contributed by atoms with Crippen LogP contribution in [0.2, 0.25) is 0 Å². The second-order valence-corrected chi connectivity index (χ2v) is 3.97. The van der Waals surface area contributed by atoms with Gasteiger partial charge in [0.1, 0.15) is 0 Å². The van der Waals surface area contributed by atoms with Crippen molar-refractivity contribution < 1.29 is 0 Å². The predicted molar refractivity (Wildman–Crippen MR) is 60.9 cm³/mol. The molecule has 0 bridgehead atoms. The average Bonchev–Trinajstić information content (AvgIpc) is 2.44. The van der Waals surface area contributed by atoms with Gasteiger partial charge in [-0.3, -0.25) is 0 Å². The summed E-state index contributed by atoms with van der Waals surface area (Å²) in [7, 11) is 0. The number of hydrogen-bond acceptors (Lipinski definition) is 1. The maximum absolute atomic E-state index is 5.20. The van der Waals surface area contributed by atoms with Crippen LogP contribution >= 0.6 is 28.1 Å². The summed E-state index contributed by atoms with van der Waals surface area (Å²) in [4.78, 5) is 3.17. The summed E-state index contributed by atoms with van der Waals surface area (Å²) in [6.07, 6.45) is 0. The molecule has 0 spiro atoms. The number of benzene rings is 1. The van der Waals surface area contributed by atoms with E-state index >= 15 is 0 Å². The Labute approximate surface area is 89.7 Å². The molecule has 0 saturated heterocycles. The monoisotopic (exact) mass is 256 g/mol. The summed E-state index contributed by atoms with van der Waals surface area (Å²) in [6, 6.07) is 8.14. The first-order valence-electron chi connectivity index (χ1n) is 4.06. The number of aromatic amines is 1. The van der Waals surface area contributed by atoms with Crippen molar-refractivity contribution in [1.29, 1.82) is 0 Å². The van der Waals surface area contributed by atoms with Crippen molar-refractivity contribution in [2.75, 3.05) is 5.33 Å². The van der Waals surface area contributed by atoms with Crippen molar-refractivity contribution in [3.05, 3.63) is 29.0 Å². The largest absolute Gasteiger partial charge is 0.331 e. The highest BCUT2D eigenvalue weighted by Crippen LogP contribution is 2.13. The summed E-state index contributed by atoms with van der Waals surface area (Å²) >= 11 is 8.61. The zero-order valence-electron chi connectivity index (χ0n) is 6.96. The number of halogens is 1. The number of imidazole rings is 1. The molecule has 0 atom stereocenters. The second-order valence-electron chi connectivity index (χ2n) is 2.79. The van der Waals surface area contributed by atoms with Gasteiger partial charge in [-0.2, -0.15) is 0 Å². The lowest BCUT2D eigenvalue weighted by atomic mass is 10.3. The van der Waals surface area contributed by atoms with Crippen LogP contribution in [-0.2, 0) is 6.54 Å². The molecule has 2 aromatic rings. The van der Waals surface area contributed by atoms with Gasteiger partial charge in [-0.1, -0.05) is 28.1 Å². The number of nitrogens with zero attached hydrogens (tertiary/aromatic N) is 1. The van der Waals surface area contributed by atoms with E-state index in [4.69, 9.17) is 12.2 Å². The van der Waals surface area contributed by atoms with Crippen molar-refractivity contribution >= 4 is 39.2 Å². The molecule has 2 nitrogen and oxygen atoms in total. The van der Waals surface area contributed by atoms with Crippen LogP contribution in [0.15, 0.2) is 24.3 Å². The molecule has 0 amide bonds. The van der Waals surface area contributed by atoms with Gasteiger partial charge in [0.05, 0.1) is 11.0 Å². The maximum Gasteiger partial charge on any atom is 0.178 e. The Morgan fingerprint density at radius 1 is 1.38 bits per heavy atom. The van der Waals surface area contributed by atoms with Crippen molar-refractivity contribution in [2.24, 2.45) is 0 Å². The maximum atomic E-state index is 5.20. The van der Waals surface area contributed by atoms with E-state index in [-0.39, 0.29) is 0 Å². The van der Waals surface area contributed by atoms with Crippen molar-refractivity contribution in [3.63, 3.8) is 0 Å². The fourth-order valence-electron chi connectivity index (χ4n) is 1.41. The Morgan fingerprint density at radius 2 is 2.15 bits per heavy atom. The van der Waals surface area contributed by atoms with Crippen molar-refractivity contribution in [1.82, 2.24) is 9.55 Å². The molecule has 0 unspecified atom stereocenters. The van der Waals surface area contributed by atoms with Gasteiger partial charge in [0.25, 0.3) is 0 Å². The van der Waals surface area contributed by atoms with Gasteiger partial charge in [-0.05, 0) is 24.4 Å². The Bertz CT molecular complexity index is 472. The Hall–Kier alpha value is -0.610. The fraction of sp³-hybridized carbons (Fsp3) is 0.222. The van der Waals surface area contributed by atoms with E-state index in [1.54, 1.807) is 0 Å². The highest BCUT2D eigenvalue weighted by molar-refractivity contribution is 9.09. The number of nitrogens with one attached hydrogen (secondary N) is 1. The minimum Gasteiger partial charge on any atom is -0.331 e. The molecule has 1 aromatic heterocycles. The van der Waals surface area contributed by atoms with Gasteiger partial charge in [0, 0.05) is 11.9 Å². The molecule has 0 aliphatic rings. The van der Waals surface area contributed by atoms with E-state index < -0.39 is 0 Å². The Balaban J connectivity index is 2.71. The molecular formula is C9H9BrN2S. The molecule has 1 aromatic carbocycles. The minimum absolute atomic E-state index is 0.792. The molecule has 4 heteroatoms. The number of hydrogen-bond donors (Lipinski definition) is 1. The number of alkyl halides is 1. The molecule has 0 aliphatic carbocycles. The third kappa shape index (κ3) is 1.56. The number of H-pyrrole nitrogens is 1. The van der Waals surface area contributed by atoms with Crippen LogP contribution in [0.5, 0.6) is 0 Å². The van der Waals surface area contributed by atoms with Gasteiger partial charge >= 0.3 is 0 Å². The lowest BCUT2D eigenvalue weighted by Gasteiger charge is -1.99. The zero-order valence-corrected chi connectivity index (χ0v) is 9.36. The molecule has 0 radical (unpaired) electrons. The molecule has 13 heavy (non-hydrogen) atoms. The van der Waals surface area contributed by atoms with Crippen LogP contribution < -0.4 is 0 Å². The summed E-state index contributed by atoms with van der Waals surface area (Å²) in [5.74, 6) is 0. The molecule has 2 rings (SSSR count). The SMILES string of the molecule is S=c1[nH]c2ccccc2n1CCBr. The van der Waals surface area contributed by atoms with Crippen molar-refractivity contribution in [3.8, 4) is 0 Å². The van der Waals surface area contributed by atoms with Crippen LogP contribution in [0.3, 0.4) is 0 Å². The molecular weight excluding hydrogens is 248 g/mol. The topological polar surface area (TPSA) is 20.7 Å². The quantitative estimate of drug-likeness (QED) is 0.647. The predicted octanol–water partition coefficient (Wildman–Crippen LogP) is 3.09. The smallest absolute Gasteiger partial charge is 0.178 e. The lowest BCUT2D eigenvalue weighted by molar-refractivity contribution is 0.787. The normalized spacial score (nSPS) is 10.8. The molecule has 68 valence electrons. The fourth-order valence-corrected chi connectivity index (χ4v) is 2.07. The first kappa shape index (κ1) is 8.97. The van der Waals surface area contributed by atoms with E-state index in [2.05, 4.69) is 31.5 Å². The minimum atomic E-state index is 0.792. The number of rotatable bonds is 2. The van der Waals surface area contributed by atoms with E-state index in [0.717, 1.165) is 22.2 Å². The van der Waals surface area contributed by atoms with Crippen LogP contribution in [0.4, 0.5) is 0 Å². The highest BCUT2D eigenvalue weighted by atomic mass is 79.9. The van der Waals surface area contributed by atoms with Crippen LogP contribution in [0.1, 0.15) is 0 Å². The lowest BCUT2D eigenvalue weighted by Crippen LogP contribution is -1.97. The molecule has 1 N–H and O–H groups in total. The van der Waals surface area contributed by atoms with Crippen molar-refractivity contribution in [2.45, 2.75) is 6.54 Å². The first-order valence-corrected chi connectivity index (χ1v) is 5.59. The van der Waals surface area contributed by atoms with Crippen LogP contribution in [0, 0.1) is 4.77 Å². The first-order chi connectivity index (χ1) is 6.33. The number of fused-ring (bicyclic) bond motifs is 1. The standard InChI is InChI=1S/C9H9BrN2S/c10-5-6-12-8-4-2-1-3-7(8)11-9(12)13/h1-4H,5-6H2,(H,11,13). The van der Waals surface area contributed by atoms with E-state index in [0.29, 0.717) is 0 Å². The third-order valence-electron chi connectivity index (χ3n) is 1.99. The molecule has 0 saturated carbocycles. The van der Waals surface area contributed by atoms with Gasteiger partial charge < -0.3 is 9.55 Å². The van der Waals surface area contributed by atoms with Gasteiger partial charge in [0.15, 0.2) is 4.77 Å². The molecule has 0 fully saturated rings. The van der Waals surface area contributed by atoms with E-state index in [1.807, 2.05) is 18.2 Å². The summed E-state index contributed by atoms with van der Waals surface area (Å²) < 4.78 is 2.89. The highest BCUT2D eigenvalue weighted by Gasteiger charge is 2.01.